The number of nitrogens with zero attached hydrogens (tertiary/aromatic N) is 1. The van der Waals surface area contributed by atoms with Crippen molar-refractivity contribution in [1.29, 1.82) is 0 Å². The van der Waals surface area contributed by atoms with Crippen LogP contribution in [0.15, 0.2) is 18.2 Å². The molecule has 0 saturated heterocycles. The number of ether oxygens (including phenoxy) is 1. The van der Waals surface area contributed by atoms with Gasteiger partial charge in [0.15, 0.2) is 0 Å². The lowest BCUT2D eigenvalue weighted by molar-refractivity contribution is -0.142. The van der Waals surface area contributed by atoms with E-state index in [1.165, 1.54) is 0 Å². The van der Waals surface area contributed by atoms with Crippen LogP contribution in [0.2, 0.25) is 0 Å². The van der Waals surface area contributed by atoms with Crippen molar-refractivity contribution in [3.63, 3.8) is 0 Å². The highest BCUT2D eigenvalue weighted by molar-refractivity contribution is 5.91. The van der Waals surface area contributed by atoms with Crippen molar-refractivity contribution >= 4 is 17.9 Å². The molecule has 0 heterocycles. The van der Waals surface area contributed by atoms with Crippen molar-refractivity contribution in [2.45, 2.75) is 92.3 Å². The number of nitrogens with one attached hydrogen (secondary N) is 2. The van der Waals surface area contributed by atoms with Gasteiger partial charge in [-0.2, -0.15) is 0 Å². The van der Waals surface area contributed by atoms with Crippen LogP contribution >= 0.6 is 0 Å². The Morgan fingerprint density at radius 3 is 2.31 bits per heavy atom. The highest BCUT2D eigenvalue weighted by Crippen LogP contribution is 2.28. The van der Waals surface area contributed by atoms with Gasteiger partial charge in [0.2, 0.25) is 11.8 Å². The van der Waals surface area contributed by atoms with Gasteiger partial charge < -0.3 is 20.3 Å². The van der Waals surface area contributed by atoms with Gasteiger partial charge in [-0.3, -0.25) is 9.59 Å². The van der Waals surface area contributed by atoms with Crippen LogP contribution in [0.25, 0.3) is 0 Å². The predicted octanol–water partition coefficient (Wildman–Crippen LogP) is 4.41. The lowest BCUT2D eigenvalue weighted by atomic mass is 9.95. The molecule has 0 saturated carbocycles. The Balaban J connectivity index is 3.28. The minimum atomic E-state index is -0.783. The number of unbranched alkanes of at least 4 members (excludes halogenated alkanes) is 1. The largest absolute Gasteiger partial charge is 0.444 e. The Kier molecular flexibility index (Phi) is 10.7. The van der Waals surface area contributed by atoms with Gasteiger partial charge in [0, 0.05) is 12.6 Å². The molecule has 0 aromatic heterocycles. The third-order valence-electron chi connectivity index (χ3n) is 5.22. The number of rotatable bonds is 10. The molecule has 2 N–H and O–H groups in total. The quantitative estimate of drug-likeness (QED) is 0.520. The number of amides is 3. The molecule has 0 aliphatic heterocycles. The molecule has 0 aliphatic carbocycles. The summed E-state index contributed by atoms with van der Waals surface area (Å²) in [5.41, 5.74) is 2.09. The summed E-state index contributed by atoms with van der Waals surface area (Å²) in [5.74, 6) is -0.542. The molecule has 32 heavy (non-hydrogen) atoms. The Morgan fingerprint density at radius 1 is 1.09 bits per heavy atom. The third-order valence-corrected chi connectivity index (χ3v) is 5.22. The third kappa shape index (κ3) is 8.52. The highest BCUT2D eigenvalue weighted by Gasteiger charge is 2.35. The smallest absolute Gasteiger partial charge is 0.408 e. The molecule has 2 atom stereocenters. The van der Waals surface area contributed by atoms with Crippen LogP contribution in [-0.2, 0) is 14.3 Å². The van der Waals surface area contributed by atoms with E-state index in [0.29, 0.717) is 13.0 Å². The maximum atomic E-state index is 13.4. The minimum Gasteiger partial charge on any atom is -0.444 e. The fourth-order valence-corrected chi connectivity index (χ4v) is 3.35. The van der Waals surface area contributed by atoms with Crippen LogP contribution in [0.1, 0.15) is 83.5 Å². The van der Waals surface area contributed by atoms with Crippen molar-refractivity contribution in [3.05, 3.63) is 34.9 Å². The number of hydrogen-bond donors (Lipinski definition) is 2. The zero-order valence-electron chi connectivity index (χ0n) is 21.0. The summed E-state index contributed by atoms with van der Waals surface area (Å²) < 4.78 is 5.25. The molecule has 180 valence electrons. The normalized spacial score (nSPS) is 13.1. The van der Waals surface area contributed by atoms with Crippen molar-refractivity contribution in [3.8, 4) is 0 Å². The van der Waals surface area contributed by atoms with E-state index in [0.717, 1.165) is 29.5 Å². The first-order chi connectivity index (χ1) is 14.9. The summed E-state index contributed by atoms with van der Waals surface area (Å²) >= 11 is 0. The SMILES string of the molecule is CCCCNC(=O)C(c1cc(C)ccc1C)N(C(=O)CNC(=O)OC(C)(C)C)C(C)CC. The number of carbonyl (C=O) groups is 3. The minimum absolute atomic E-state index is 0.204. The Bertz CT molecular complexity index is 786. The maximum Gasteiger partial charge on any atom is 0.408 e. The zero-order chi connectivity index (χ0) is 24.5. The van der Waals surface area contributed by atoms with E-state index in [1.807, 2.05) is 45.9 Å². The molecule has 0 bridgehead atoms. The van der Waals surface area contributed by atoms with Gasteiger partial charge in [0.05, 0.1) is 0 Å². The van der Waals surface area contributed by atoms with Gasteiger partial charge >= 0.3 is 6.09 Å². The van der Waals surface area contributed by atoms with Crippen LogP contribution in [0.4, 0.5) is 4.79 Å². The average Bonchev–Trinajstić information content (AvgIpc) is 2.70. The van der Waals surface area contributed by atoms with Crippen LogP contribution in [-0.4, -0.2) is 47.5 Å². The second-order valence-corrected chi connectivity index (χ2v) is 9.32. The number of benzene rings is 1. The molecule has 0 aliphatic rings. The number of alkyl carbamates (subject to hydrolysis) is 1. The van der Waals surface area contributed by atoms with Gasteiger partial charge in [-0.05, 0) is 65.5 Å². The van der Waals surface area contributed by atoms with E-state index in [2.05, 4.69) is 17.6 Å². The van der Waals surface area contributed by atoms with Gasteiger partial charge in [-0.25, -0.2) is 4.79 Å². The van der Waals surface area contributed by atoms with Crippen LogP contribution in [0.3, 0.4) is 0 Å². The van der Waals surface area contributed by atoms with Crippen LogP contribution < -0.4 is 10.6 Å². The fraction of sp³-hybridized carbons (Fsp3) is 0.640. The van der Waals surface area contributed by atoms with E-state index < -0.39 is 17.7 Å². The molecule has 1 rings (SSSR count). The van der Waals surface area contributed by atoms with Gasteiger partial charge in [0.25, 0.3) is 0 Å². The lowest BCUT2D eigenvalue weighted by Gasteiger charge is -2.36. The molecule has 7 heteroatoms. The molecule has 0 radical (unpaired) electrons. The first-order valence-electron chi connectivity index (χ1n) is 11.5. The Morgan fingerprint density at radius 2 is 1.75 bits per heavy atom. The van der Waals surface area contributed by atoms with E-state index in [9.17, 15) is 14.4 Å². The molecule has 1 aromatic carbocycles. The van der Waals surface area contributed by atoms with Crippen molar-refractivity contribution in [1.82, 2.24) is 15.5 Å². The monoisotopic (exact) mass is 447 g/mol. The highest BCUT2D eigenvalue weighted by atomic mass is 16.6. The molecule has 7 nitrogen and oxygen atoms in total. The van der Waals surface area contributed by atoms with E-state index >= 15 is 0 Å². The van der Waals surface area contributed by atoms with Crippen LogP contribution in [0, 0.1) is 13.8 Å². The lowest BCUT2D eigenvalue weighted by Crippen LogP contribution is -2.51. The zero-order valence-corrected chi connectivity index (χ0v) is 21.0. The summed E-state index contributed by atoms with van der Waals surface area (Å²) in [5, 5.41) is 5.53. The van der Waals surface area contributed by atoms with Crippen molar-refractivity contribution in [2.75, 3.05) is 13.1 Å². The first kappa shape index (κ1) is 27.5. The second-order valence-electron chi connectivity index (χ2n) is 9.32. The van der Waals surface area contributed by atoms with Crippen molar-refractivity contribution < 1.29 is 19.1 Å². The molecular weight excluding hydrogens is 406 g/mol. The van der Waals surface area contributed by atoms with E-state index in [1.54, 1.807) is 25.7 Å². The summed E-state index contributed by atoms with van der Waals surface area (Å²) in [6, 6.07) is 4.93. The summed E-state index contributed by atoms with van der Waals surface area (Å²) in [4.78, 5) is 40.4. The summed E-state index contributed by atoms with van der Waals surface area (Å²) in [7, 11) is 0. The first-order valence-corrected chi connectivity index (χ1v) is 11.5. The number of hydrogen-bond acceptors (Lipinski definition) is 4. The summed E-state index contributed by atoms with van der Waals surface area (Å²) in [6.07, 6.45) is 1.83. The fourth-order valence-electron chi connectivity index (χ4n) is 3.35. The molecule has 0 fully saturated rings. The van der Waals surface area contributed by atoms with Gasteiger partial charge in [-0.1, -0.05) is 44.0 Å². The molecule has 3 amide bonds. The predicted molar refractivity (Wildman–Crippen MR) is 127 cm³/mol. The van der Waals surface area contributed by atoms with Gasteiger partial charge in [0.1, 0.15) is 18.2 Å². The standard InChI is InChI=1S/C25H41N3O4/c1-9-11-14-26-23(30)22(20-15-17(3)12-13-18(20)4)28(19(5)10-2)21(29)16-27-24(31)32-25(6,7)8/h12-13,15,19,22H,9-11,14,16H2,1-8H3,(H,26,30)(H,27,31). The molecule has 2 unspecified atom stereocenters. The average molecular weight is 448 g/mol. The summed E-state index contributed by atoms with van der Waals surface area (Å²) in [6.45, 7) is 15.5. The topological polar surface area (TPSA) is 87.7 Å². The van der Waals surface area contributed by atoms with Crippen LogP contribution in [0.5, 0.6) is 0 Å². The van der Waals surface area contributed by atoms with E-state index in [4.69, 9.17) is 4.74 Å². The molecular formula is C25H41N3O4. The Hall–Kier alpha value is -2.57. The maximum absolute atomic E-state index is 13.4. The Labute approximate surface area is 193 Å². The van der Waals surface area contributed by atoms with Crippen molar-refractivity contribution in [2.24, 2.45) is 0 Å². The van der Waals surface area contributed by atoms with Gasteiger partial charge in [-0.15, -0.1) is 0 Å². The van der Waals surface area contributed by atoms with E-state index in [-0.39, 0.29) is 24.4 Å². The molecule has 1 aromatic rings. The number of aryl methyl sites for hydroxylation is 2. The number of carbonyl (C=O) groups excluding carboxylic acids is 3. The second kappa shape index (κ2) is 12.5. The molecule has 0 spiro atoms.